The maximum Gasteiger partial charge on any atom is 0.333 e. The normalized spacial score (nSPS) is 9.88. The van der Waals surface area contributed by atoms with Gasteiger partial charge in [0.25, 0.3) is 0 Å². The van der Waals surface area contributed by atoms with Gasteiger partial charge in [-0.05, 0) is 12.1 Å². The number of hydrogen-bond donors (Lipinski definition) is 1. The molecule has 0 amide bonds. The lowest BCUT2D eigenvalue weighted by atomic mass is 10.1. The molecule has 1 aromatic heterocycles. The van der Waals surface area contributed by atoms with Crippen molar-refractivity contribution in [3.8, 4) is 11.3 Å². The van der Waals surface area contributed by atoms with Gasteiger partial charge in [0, 0.05) is 11.4 Å². The zero-order valence-electron chi connectivity index (χ0n) is 9.30. The predicted molar refractivity (Wildman–Crippen MR) is 60.4 cm³/mol. The van der Waals surface area contributed by atoms with Crippen molar-refractivity contribution in [2.75, 3.05) is 12.4 Å². The van der Waals surface area contributed by atoms with Crippen LogP contribution in [0.1, 0.15) is 0 Å². The van der Waals surface area contributed by atoms with Crippen LogP contribution in [0, 0.1) is 11.6 Å². The smallest absolute Gasteiger partial charge is 0.333 e. The molecule has 0 spiro atoms. The van der Waals surface area contributed by atoms with E-state index < -0.39 is 11.6 Å². The molecule has 1 heterocycles. The number of anilines is 1. The summed E-state index contributed by atoms with van der Waals surface area (Å²) in [6.07, 6.45) is 0. The highest BCUT2D eigenvalue weighted by Gasteiger charge is 2.17. The first-order chi connectivity index (χ1) is 7.63. The highest BCUT2D eigenvalue weighted by Crippen LogP contribution is 2.25. The second-order valence-corrected chi connectivity index (χ2v) is 4.22. The monoisotopic (exact) mass is 276 g/mol. The fourth-order valence-electron chi connectivity index (χ4n) is 1.55. The van der Waals surface area contributed by atoms with Crippen LogP contribution < -0.4 is 22.3 Å². The number of rotatable bonds is 2. The molecule has 92 valence electrons. The SMILES string of the molecule is CNc1scc(-c2ccc(F)cc2F)[n+]1C.[Cl-]. The zero-order valence-corrected chi connectivity index (χ0v) is 10.9. The van der Waals surface area contributed by atoms with E-state index in [1.807, 2.05) is 17.0 Å². The van der Waals surface area contributed by atoms with Crippen molar-refractivity contribution >= 4 is 16.5 Å². The Morgan fingerprint density at radius 1 is 1.29 bits per heavy atom. The van der Waals surface area contributed by atoms with Crippen molar-refractivity contribution < 1.29 is 25.8 Å². The molecule has 0 bridgehead atoms. The molecule has 1 N–H and O–H groups in total. The summed E-state index contributed by atoms with van der Waals surface area (Å²) in [5.74, 6) is -1.11. The van der Waals surface area contributed by atoms with Crippen LogP contribution in [0.4, 0.5) is 13.9 Å². The molecule has 2 aromatic rings. The number of thiazole rings is 1. The highest BCUT2D eigenvalue weighted by molar-refractivity contribution is 7.13. The third-order valence-electron chi connectivity index (χ3n) is 2.37. The number of nitrogens with zero attached hydrogens (tertiary/aromatic N) is 1. The van der Waals surface area contributed by atoms with Gasteiger partial charge in [-0.1, -0.05) is 11.3 Å². The summed E-state index contributed by atoms with van der Waals surface area (Å²) in [5, 5.41) is 5.75. The van der Waals surface area contributed by atoms with E-state index in [1.54, 1.807) is 7.05 Å². The van der Waals surface area contributed by atoms with Crippen LogP contribution in [-0.4, -0.2) is 7.05 Å². The Balaban J connectivity index is 0.00000144. The van der Waals surface area contributed by atoms with Gasteiger partial charge < -0.3 is 12.4 Å². The van der Waals surface area contributed by atoms with E-state index in [-0.39, 0.29) is 12.4 Å². The maximum atomic E-state index is 13.6. The molecule has 0 saturated carbocycles. The minimum atomic E-state index is -0.562. The van der Waals surface area contributed by atoms with Crippen molar-refractivity contribution in [3.63, 3.8) is 0 Å². The summed E-state index contributed by atoms with van der Waals surface area (Å²) < 4.78 is 28.2. The molecule has 17 heavy (non-hydrogen) atoms. The fraction of sp³-hybridized carbons (Fsp3) is 0.182. The fourth-order valence-corrected chi connectivity index (χ4v) is 2.43. The van der Waals surface area contributed by atoms with Crippen LogP contribution in [-0.2, 0) is 7.05 Å². The van der Waals surface area contributed by atoms with Crippen molar-refractivity contribution in [3.05, 3.63) is 35.2 Å². The van der Waals surface area contributed by atoms with E-state index in [0.29, 0.717) is 5.56 Å². The summed E-state index contributed by atoms with van der Waals surface area (Å²) in [7, 11) is 3.64. The van der Waals surface area contributed by atoms with E-state index in [2.05, 4.69) is 5.32 Å². The van der Waals surface area contributed by atoms with Crippen LogP contribution in [0.15, 0.2) is 23.6 Å². The molecular weight excluding hydrogens is 266 g/mol. The first-order valence-corrected chi connectivity index (χ1v) is 5.62. The Labute approximate surface area is 108 Å². The molecule has 0 atom stereocenters. The van der Waals surface area contributed by atoms with Crippen molar-refractivity contribution in [1.29, 1.82) is 0 Å². The Bertz CT molecular complexity index is 528. The lowest BCUT2D eigenvalue weighted by Crippen LogP contribution is -3.00. The minimum absolute atomic E-state index is 0. The van der Waals surface area contributed by atoms with Gasteiger partial charge in [-0.25, -0.2) is 13.3 Å². The number of aromatic nitrogens is 1. The summed E-state index contributed by atoms with van der Waals surface area (Å²) >= 11 is 1.48. The third-order valence-corrected chi connectivity index (χ3v) is 3.41. The lowest BCUT2D eigenvalue weighted by Gasteiger charge is -2.01. The average molecular weight is 277 g/mol. The molecule has 0 fully saturated rings. The van der Waals surface area contributed by atoms with E-state index in [9.17, 15) is 8.78 Å². The van der Waals surface area contributed by atoms with Crippen LogP contribution in [0.5, 0.6) is 0 Å². The minimum Gasteiger partial charge on any atom is -1.00 e. The molecule has 0 unspecified atom stereocenters. The molecule has 1 aromatic carbocycles. The molecule has 2 nitrogen and oxygen atoms in total. The van der Waals surface area contributed by atoms with Gasteiger partial charge in [0.2, 0.25) is 0 Å². The van der Waals surface area contributed by atoms with E-state index in [0.717, 1.165) is 16.9 Å². The highest BCUT2D eigenvalue weighted by atomic mass is 35.5. The maximum absolute atomic E-state index is 13.6. The number of benzene rings is 1. The van der Waals surface area contributed by atoms with Crippen molar-refractivity contribution in [1.82, 2.24) is 0 Å². The molecule has 2 rings (SSSR count). The second-order valence-electron chi connectivity index (χ2n) is 3.36. The summed E-state index contributed by atoms with van der Waals surface area (Å²) in [4.78, 5) is 0. The van der Waals surface area contributed by atoms with Gasteiger partial charge in [0.15, 0.2) is 0 Å². The zero-order chi connectivity index (χ0) is 11.7. The van der Waals surface area contributed by atoms with Crippen LogP contribution >= 0.6 is 11.3 Å². The summed E-state index contributed by atoms with van der Waals surface area (Å²) in [5.41, 5.74) is 1.13. The van der Waals surface area contributed by atoms with Crippen LogP contribution in [0.2, 0.25) is 0 Å². The lowest BCUT2D eigenvalue weighted by molar-refractivity contribution is -0.641. The molecular formula is C11H11ClF2N2S. The number of nitrogens with one attached hydrogen (secondary N) is 1. The quantitative estimate of drug-likeness (QED) is 0.736. The van der Waals surface area contributed by atoms with E-state index >= 15 is 0 Å². The van der Waals surface area contributed by atoms with Crippen molar-refractivity contribution in [2.45, 2.75) is 0 Å². The standard InChI is InChI=1S/C11H10F2N2S.ClH/c1-14-11-15(2)10(6-16-11)8-4-3-7(12)5-9(8)13;/h3-6H,1-2H3;1H. The largest absolute Gasteiger partial charge is 1.00 e. The van der Waals surface area contributed by atoms with Crippen molar-refractivity contribution in [2.24, 2.45) is 7.05 Å². The molecule has 0 aliphatic heterocycles. The van der Waals surface area contributed by atoms with Gasteiger partial charge in [-0.2, -0.15) is 0 Å². The first kappa shape index (κ1) is 13.9. The van der Waals surface area contributed by atoms with Gasteiger partial charge in [-0.3, -0.25) is 5.32 Å². The second kappa shape index (κ2) is 5.42. The Kier molecular flexibility index (Phi) is 4.42. The molecule has 0 aliphatic carbocycles. The van der Waals surface area contributed by atoms with Gasteiger partial charge in [-0.15, -0.1) is 0 Å². The Morgan fingerprint density at radius 2 is 2.00 bits per heavy atom. The Morgan fingerprint density at radius 3 is 2.53 bits per heavy atom. The van der Waals surface area contributed by atoms with Gasteiger partial charge in [0.1, 0.15) is 17.3 Å². The molecule has 6 heteroatoms. The van der Waals surface area contributed by atoms with Crippen LogP contribution in [0.25, 0.3) is 11.3 Å². The Hall–Kier alpha value is -1.20. The average Bonchev–Trinajstić information content (AvgIpc) is 2.60. The first-order valence-electron chi connectivity index (χ1n) is 4.74. The number of hydrogen-bond acceptors (Lipinski definition) is 2. The predicted octanol–water partition coefficient (Wildman–Crippen LogP) is -0.437. The molecule has 0 radical (unpaired) electrons. The number of halogens is 3. The van der Waals surface area contributed by atoms with Gasteiger partial charge >= 0.3 is 5.13 Å². The molecule has 0 saturated heterocycles. The van der Waals surface area contributed by atoms with Gasteiger partial charge in [0.05, 0.1) is 19.7 Å². The topological polar surface area (TPSA) is 15.9 Å². The molecule has 0 aliphatic rings. The summed E-state index contributed by atoms with van der Waals surface area (Å²) in [6, 6.07) is 3.60. The van der Waals surface area contributed by atoms with E-state index in [1.165, 1.54) is 23.5 Å². The van der Waals surface area contributed by atoms with E-state index in [4.69, 9.17) is 0 Å². The van der Waals surface area contributed by atoms with Crippen LogP contribution in [0.3, 0.4) is 0 Å². The third kappa shape index (κ3) is 2.56. The summed E-state index contributed by atoms with van der Waals surface area (Å²) in [6.45, 7) is 0.